The van der Waals surface area contributed by atoms with E-state index in [1.54, 1.807) is 18.4 Å². The van der Waals surface area contributed by atoms with Crippen LogP contribution < -0.4 is 61.9 Å². The van der Waals surface area contributed by atoms with Crippen LogP contribution in [0.1, 0.15) is 119 Å². The molecule has 65 heteroatoms. The molecule has 7 aliphatic rings. The van der Waals surface area contributed by atoms with E-state index in [0.29, 0.717) is 11.5 Å². The van der Waals surface area contributed by atoms with Crippen molar-refractivity contribution in [2.24, 2.45) is 10.7 Å². The van der Waals surface area contributed by atoms with E-state index >= 15 is 0 Å². The molecule has 55 nitrogen and oxygen atoms in total. The minimum absolute atomic E-state index is 0.0224. The van der Waals surface area contributed by atoms with Crippen molar-refractivity contribution in [1.82, 2.24) is 87.2 Å². The van der Waals surface area contributed by atoms with Crippen molar-refractivity contribution >= 4 is 153 Å². The summed E-state index contributed by atoms with van der Waals surface area (Å²) in [5.74, 6) is -0.333. The third-order valence-electron chi connectivity index (χ3n) is 21.5. The van der Waals surface area contributed by atoms with Gasteiger partial charge in [-0.25, -0.2) is 53.2 Å². The van der Waals surface area contributed by atoms with Crippen LogP contribution >= 0.6 is 54.6 Å². The monoisotopic (exact) mass is 1990 g/mol. The molecule has 0 bridgehead atoms. The van der Waals surface area contributed by atoms with Crippen LogP contribution in [0.4, 0.5) is 23.5 Å². The standard InChI is InChI=1S/C63H84N24O31P6S4/c1-5-28-29(7-40(107-28)82-13-26(3)56(88)80-62(82)92)116-122(99,126)105-18-38-32(10-45(111-38)87-25-75-49-55(87)77-61(67)79-59(49)91)115-120(95,96)102-15-35-31(9-44(109-35)86-24-74-48-54(86)76-60(66)78-58(48)90)114-121(97,98)103-16-36-33(11-42(110-36)84-22-72-46-50(64)68-20-70-52(46)84)117-124(101,128)106-19-39-34(12-43(112-39)85-23-73-47-51(65)69-21-71-53(47)85)118-123(100,127)104-17-37-30(113-119(94,125)6-2)8-41(108-37)83-14-27(4)57(89)81-63(83)93/h13-14,20-25,28-45,51H,5-12,15-19,65H2,1-4H3,(H,69,71)(H,94,125)(H,95,96)(H,97,98)(H,99,126)(H,100,127)(H,101,128)(H2,64,68,70)(H,80,88,92)(H,81,89,93)(H3,66,76,78,90)(H3,67,77,79,91)/t28-,29?,30?,31?,32?,33?,34?,35-,36-,37-,38-,39-,40-,41-,42-,43-,44-,45-,51?,119?,122?,123?,124?/m1/s1. The Kier molecular flexibility index (Phi) is 27.4. The number of aromatic nitrogens is 18. The lowest BCUT2D eigenvalue weighted by Crippen LogP contribution is -2.33. The van der Waals surface area contributed by atoms with E-state index in [9.17, 15) is 66.9 Å². The normalized spacial score (nSPS) is 30.0. The van der Waals surface area contributed by atoms with Gasteiger partial charge in [0.1, 0.15) is 110 Å². The van der Waals surface area contributed by atoms with E-state index in [4.69, 9.17) is 137 Å². The van der Waals surface area contributed by atoms with Crippen molar-refractivity contribution in [1.29, 1.82) is 0 Å². The summed E-state index contributed by atoms with van der Waals surface area (Å²) in [4.78, 5) is 182. The van der Waals surface area contributed by atoms with Gasteiger partial charge in [-0.05, 0) is 55.7 Å². The minimum Gasteiger partial charge on any atom is -0.382 e. The quantitative estimate of drug-likeness (QED) is 0.0197. The van der Waals surface area contributed by atoms with Crippen LogP contribution in [0, 0.1) is 13.8 Å². The number of aromatic amines is 4. The molecule has 0 aliphatic carbocycles. The van der Waals surface area contributed by atoms with Crippen molar-refractivity contribution in [3.63, 3.8) is 0 Å². The zero-order valence-corrected chi connectivity index (χ0v) is 75.7. The molecule has 9 aromatic rings. The number of anilines is 4. The van der Waals surface area contributed by atoms with Gasteiger partial charge in [-0.2, -0.15) is 9.97 Å². The van der Waals surface area contributed by atoms with E-state index in [2.05, 4.69) is 82.4 Å². The molecular formula is C63H84N24O31P6S4. The SMILES string of the molecule is CC[C@H]1O[C@@H](n2cc(C)c(=O)[nH]c2=O)CC1OP(=O)(S)OC[C@H]1O[C@@H](n2cnc3c(=O)[nH]c(N)nc32)CC1OP(=O)(O)OC[C@H]1O[C@@H](n2cnc3c(=O)[nH]c(N)nc32)CC1OP(=O)(O)OC[C@H]1O[C@@H](n2cnc3c(N)ncnc32)CC1OP(O)(=S)OC[C@H]1O[C@@H](n2cnc3c2NC=NC3N)CC1OP(O)(=S)OC[C@H]1O[C@@H](n2cc(C)c(=O)[nH]c2=O)CC1OP(O)(=S)CC. The molecule has 0 amide bonds. The van der Waals surface area contributed by atoms with Gasteiger partial charge in [0.25, 0.3) is 22.2 Å². The first-order valence-corrected chi connectivity index (χ1v) is 52.6. The van der Waals surface area contributed by atoms with E-state index in [1.165, 1.54) is 65.3 Å². The fraction of sp³-hybridized carbons (Fsp3) is 0.571. The van der Waals surface area contributed by atoms with E-state index in [-0.39, 0.29) is 101 Å². The number of fused-ring (bicyclic) bond motifs is 4. The Morgan fingerprint density at radius 1 is 0.469 bits per heavy atom. The number of nitrogens with one attached hydrogen (secondary N) is 5. The van der Waals surface area contributed by atoms with Gasteiger partial charge in [-0.3, -0.25) is 98.7 Å². The predicted octanol–water partition coefficient (Wildman–Crippen LogP) is 1.39. The topological polar surface area (TPSA) is 736 Å². The summed E-state index contributed by atoms with van der Waals surface area (Å²) in [5, 5.41) is 2.99. The maximum Gasteiger partial charge on any atom is 0.472 e. The number of H-pyrrole nitrogens is 4. The summed E-state index contributed by atoms with van der Waals surface area (Å²) in [5.41, 5.74) is 20.3. The van der Waals surface area contributed by atoms with Gasteiger partial charge in [-0.15, -0.1) is 0 Å². The molecule has 0 aromatic carbocycles. The van der Waals surface area contributed by atoms with Gasteiger partial charge in [0.05, 0.1) is 95.2 Å². The second-order valence-electron chi connectivity index (χ2n) is 30.1. The molecular weight excluding hydrogens is 1900 g/mol. The molecule has 16 heterocycles. The first-order valence-electron chi connectivity index (χ1n) is 38.9. The Balaban J connectivity index is 0.622. The summed E-state index contributed by atoms with van der Waals surface area (Å²) in [6.07, 6.45) is -15.0. The van der Waals surface area contributed by atoms with Crippen LogP contribution in [0.15, 0.2) is 77.8 Å². The van der Waals surface area contributed by atoms with Crippen LogP contribution in [0.3, 0.4) is 0 Å². The van der Waals surface area contributed by atoms with E-state index in [1.807, 2.05) is 0 Å². The number of phosphoric ester groups is 2. The Labute approximate surface area is 738 Å². The predicted molar refractivity (Wildman–Crippen MR) is 455 cm³/mol. The molecule has 0 radical (unpaired) electrons. The highest BCUT2D eigenvalue weighted by molar-refractivity contribution is 8.44. The fourth-order valence-electron chi connectivity index (χ4n) is 15.3. The lowest BCUT2D eigenvalue weighted by Gasteiger charge is -2.28. The summed E-state index contributed by atoms with van der Waals surface area (Å²) in [6.45, 7) is -14.8. The largest absolute Gasteiger partial charge is 0.472 e. The lowest BCUT2D eigenvalue weighted by molar-refractivity contribution is -0.0603. The van der Waals surface area contributed by atoms with Gasteiger partial charge < -0.3 is 104 Å². The molecule has 18 N–H and O–H groups in total. The maximum absolute atomic E-state index is 14.7. The fourth-order valence-corrected chi connectivity index (χ4v) is 22.9. The zero-order valence-electron chi connectivity index (χ0n) is 67.0. The van der Waals surface area contributed by atoms with Gasteiger partial charge in [-0.1, -0.05) is 26.1 Å². The molecule has 13 unspecified atom stereocenters. The lowest BCUT2D eigenvalue weighted by atomic mass is 10.1. The second-order valence-corrected chi connectivity index (χ2v) is 45.2. The number of aliphatic imine (C=N–C) groups is 1. The first-order chi connectivity index (χ1) is 60.5. The van der Waals surface area contributed by atoms with Crippen LogP contribution in [-0.4, -0.2) is 230 Å². The number of nitrogens with two attached hydrogens (primary N) is 4. The van der Waals surface area contributed by atoms with Crippen molar-refractivity contribution < 1.29 is 116 Å². The minimum atomic E-state index is -5.55. The van der Waals surface area contributed by atoms with Gasteiger partial charge in [0.2, 0.25) is 11.9 Å². The van der Waals surface area contributed by atoms with Crippen LogP contribution in [0.2, 0.25) is 0 Å². The smallest absolute Gasteiger partial charge is 0.382 e. The van der Waals surface area contributed by atoms with Crippen molar-refractivity contribution in [3.8, 4) is 0 Å². The number of phosphoric acid groups is 2. The number of nitrogens with zero attached hydrogens (tertiary/aromatic N) is 15. The van der Waals surface area contributed by atoms with Gasteiger partial charge in [0, 0.05) is 68.2 Å². The Bertz CT molecular complexity index is 6460. The highest BCUT2D eigenvalue weighted by Crippen LogP contribution is 2.60. The summed E-state index contributed by atoms with van der Waals surface area (Å²) >= 11 is 20.9. The van der Waals surface area contributed by atoms with Crippen LogP contribution in [-0.2, 0) is 127 Å². The molecule has 0 spiro atoms. The first kappa shape index (κ1) is 94.0. The number of ether oxygens (including phenoxy) is 6. The maximum atomic E-state index is 14.7. The Hall–Kier alpha value is -7.24. The molecule has 0 saturated carbocycles. The number of aryl methyl sites for hydroxylation is 2. The Morgan fingerprint density at radius 2 is 0.852 bits per heavy atom. The Morgan fingerprint density at radius 3 is 1.30 bits per heavy atom. The van der Waals surface area contributed by atoms with Gasteiger partial charge in [0.15, 0.2) is 40.3 Å². The molecule has 6 fully saturated rings. The van der Waals surface area contributed by atoms with Crippen molar-refractivity contribution in [3.05, 3.63) is 123 Å². The molecule has 6 saturated heterocycles. The van der Waals surface area contributed by atoms with E-state index < -0.39 is 239 Å². The van der Waals surface area contributed by atoms with Crippen molar-refractivity contribution in [2.75, 3.05) is 61.7 Å². The third kappa shape index (κ3) is 20.7. The highest BCUT2D eigenvalue weighted by atomic mass is 32.7. The molecule has 696 valence electrons. The summed E-state index contributed by atoms with van der Waals surface area (Å²) in [7, 11) is -11.1. The van der Waals surface area contributed by atoms with Crippen LogP contribution in [0.25, 0.3) is 33.5 Å². The third-order valence-corrected chi connectivity index (χ3v) is 30.8. The van der Waals surface area contributed by atoms with Gasteiger partial charge >= 0.3 is 47.3 Å². The number of thiol groups is 1. The second kappa shape index (κ2) is 37.3. The average Bonchev–Trinajstić information content (AvgIpc) is 1.63. The highest BCUT2D eigenvalue weighted by Gasteiger charge is 2.52. The molecule has 16 rings (SSSR count). The molecule has 128 heavy (non-hydrogen) atoms. The molecule has 7 aliphatic heterocycles. The average molecular weight is 1990 g/mol. The number of hydrogen-bond donors (Lipinski definition) is 15. The van der Waals surface area contributed by atoms with Crippen molar-refractivity contribution in [2.45, 2.75) is 189 Å². The number of rotatable bonds is 35. The summed E-state index contributed by atoms with van der Waals surface area (Å²) < 4.78 is 154. The number of imidazole rings is 4. The summed E-state index contributed by atoms with van der Waals surface area (Å²) in [6, 6.07) is 0. The molecule has 25 atom stereocenters. The van der Waals surface area contributed by atoms with Crippen LogP contribution in [0.5, 0.6) is 0 Å². The number of nitrogen functional groups attached to an aromatic ring is 3. The number of hydrogen-bond acceptors (Lipinski definition) is 43. The molecule has 9 aromatic heterocycles. The van der Waals surface area contributed by atoms with E-state index in [0.717, 1.165) is 21.8 Å². The zero-order chi connectivity index (χ0) is 91.2.